The molecule has 2 aromatic rings. The first-order valence-corrected chi connectivity index (χ1v) is 7.58. The van der Waals surface area contributed by atoms with E-state index in [2.05, 4.69) is 30.2 Å². The van der Waals surface area contributed by atoms with E-state index < -0.39 is 0 Å². The quantitative estimate of drug-likeness (QED) is 0.822. The van der Waals surface area contributed by atoms with Crippen molar-refractivity contribution in [1.29, 1.82) is 0 Å². The van der Waals surface area contributed by atoms with Crippen LogP contribution in [0.25, 0.3) is 10.2 Å². The normalized spacial score (nSPS) is 11.1. The second-order valence-electron chi connectivity index (χ2n) is 5.13. The number of hydrogen-bond donors (Lipinski definition) is 1. The number of carbonyl (C=O) groups is 1. The van der Waals surface area contributed by atoms with Crippen LogP contribution in [0.2, 0.25) is 0 Å². The summed E-state index contributed by atoms with van der Waals surface area (Å²) < 4.78 is 1.24. The molecular formula is C15H20N2OS. The molecule has 0 radical (unpaired) electrons. The Morgan fingerprint density at radius 2 is 2.16 bits per heavy atom. The number of carbonyl (C=O) groups excluding carboxylic acids is 1. The third-order valence-electron chi connectivity index (χ3n) is 2.82. The average molecular weight is 276 g/mol. The number of benzene rings is 1. The molecule has 0 unspecified atom stereocenters. The Balaban J connectivity index is 1.75. The number of nitrogens with zero attached hydrogens (tertiary/aromatic N) is 1. The minimum Gasteiger partial charge on any atom is -0.356 e. The molecular weight excluding hydrogens is 256 g/mol. The zero-order valence-corrected chi connectivity index (χ0v) is 12.3. The molecule has 0 aliphatic carbocycles. The van der Waals surface area contributed by atoms with Crippen LogP contribution in [0.4, 0.5) is 0 Å². The highest BCUT2D eigenvalue weighted by Crippen LogP contribution is 2.22. The van der Waals surface area contributed by atoms with E-state index in [-0.39, 0.29) is 5.91 Å². The molecule has 4 heteroatoms. The standard InChI is InChI=1S/C15H20N2OS/c1-11(2)10-14(18)16-9-5-8-15-17-12-6-3-4-7-13(12)19-15/h3-4,6-7,11H,5,8-10H2,1-2H3,(H,16,18). The Kier molecular flexibility index (Phi) is 4.91. The van der Waals surface area contributed by atoms with E-state index in [0.29, 0.717) is 12.3 Å². The fourth-order valence-corrected chi connectivity index (χ4v) is 2.95. The SMILES string of the molecule is CC(C)CC(=O)NCCCc1nc2ccccc2s1. The minimum absolute atomic E-state index is 0.152. The second kappa shape index (κ2) is 6.66. The molecule has 2 rings (SSSR count). The molecule has 102 valence electrons. The highest BCUT2D eigenvalue weighted by molar-refractivity contribution is 7.18. The van der Waals surface area contributed by atoms with E-state index in [1.807, 2.05) is 18.2 Å². The first-order valence-electron chi connectivity index (χ1n) is 6.76. The van der Waals surface area contributed by atoms with Crippen molar-refractivity contribution in [1.82, 2.24) is 10.3 Å². The van der Waals surface area contributed by atoms with Crippen LogP contribution in [0.5, 0.6) is 0 Å². The highest BCUT2D eigenvalue weighted by Gasteiger charge is 2.05. The van der Waals surface area contributed by atoms with E-state index in [1.54, 1.807) is 11.3 Å². The summed E-state index contributed by atoms with van der Waals surface area (Å²) in [6, 6.07) is 8.19. The van der Waals surface area contributed by atoms with Crippen LogP contribution in [-0.4, -0.2) is 17.4 Å². The predicted octanol–water partition coefficient (Wildman–Crippen LogP) is 3.39. The van der Waals surface area contributed by atoms with Gasteiger partial charge in [-0.3, -0.25) is 4.79 Å². The van der Waals surface area contributed by atoms with Gasteiger partial charge in [0.1, 0.15) is 0 Å². The van der Waals surface area contributed by atoms with Crippen LogP contribution in [0.15, 0.2) is 24.3 Å². The smallest absolute Gasteiger partial charge is 0.220 e. The van der Waals surface area contributed by atoms with Crippen molar-refractivity contribution in [2.75, 3.05) is 6.54 Å². The Morgan fingerprint density at radius 1 is 1.37 bits per heavy atom. The summed E-state index contributed by atoms with van der Waals surface area (Å²) in [5, 5.41) is 4.11. The van der Waals surface area contributed by atoms with Gasteiger partial charge in [0, 0.05) is 19.4 Å². The van der Waals surface area contributed by atoms with Crippen molar-refractivity contribution in [3.63, 3.8) is 0 Å². The zero-order valence-electron chi connectivity index (χ0n) is 11.5. The third kappa shape index (κ3) is 4.31. The van der Waals surface area contributed by atoms with Gasteiger partial charge in [0.2, 0.25) is 5.91 Å². The van der Waals surface area contributed by atoms with Gasteiger partial charge in [-0.1, -0.05) is 26.0 Å². The Hall–Kier alpha value is -1.42. The summed E-state index contributed by atoms with van der Waals surface area (Å²) >= 11 is 1.74. The molecule has 0 fully saturated rings. The Morgan fingerprint density at radius 3 is 2.89 bits per heavy atom. The maximum atomic E-state index is 11.5. The van der Waals surface area contributed by atoms with Crippen LogP contribution >= 0.6 is 11.3 Å². The second-order valence-corrected chi connectivity index (χ2v) is 6.24. The fraction of sp³-hybridized carbons (Fsp3) is 0.467. The van der Waals surface area contributed by atoms with Crippen molar-refractivity contribution in [3.8, 4) is 0 Å². The summed E-state index contributed by atoms with van der Waals surface area (Å²) in [6.07, 6.45) is 2.49. The molecule has 0 saturated carbocycles. The monoisotopic (exact) mass is 276 g/mol. The van der Waals surface area contributed by atoms with Gasteiger partial charge >= 0.3 is 0 Å². The van der Waals surface area contributed by atoms with Crippen molar-refractivity contribution in [3.05, 3.63) is 29.3 Å². The number of para-hydroxylation sites is 1. The Bertz CT molecular complexity index is 515. The van der Waals surface area contributed by atoms with E-state index in [1.165, 1.54) is 4.70 Å². The number of amides is 1. The molecule has 1 heterocycles. The summed E-state index contributed by atoms with van der Waals surface area (Å²) in [5.74, 6) is 0.573. The third-order valence-corrected chi connectivity index (χ3v) is 3.92. The molecule has 0 aliphatic rings. The van der Waals surface area contributed by atoms with Crippen LogP contribution in [-0.2, 0) is 11.2 Å². The number of thiazole rings is 1. The predicted molar refractivity (Wildman–Crippen MR) is 80.4 cm³/mol. The molecule has 1 amide bonds. The number of fused-ring (bicyclic) bond motifs is 1. The molecule has 1 N–H and O–H groups in total. The summed E-state index contributed by atoms with van der Waals surface area (Å²) in [7, 11) is 0. The zero-order chi connectivity index (χ0) is 13.7. The van der Waals surface area contributed by atoms with Gasteiger partial charge in [-0.2, -0.15) is 0 Å². The average Bonchev–Trinajstić information content (AvgIpc) is 2.76. The van der Waals surface area contributed by atoms with Gasteiger partial charge in [-0.15, -0.1) is 11.3 Å². The van der Waals surface area contributed by atoms with Crippen molar-refractivity contribution < 1.29 is 4.79 Å². The van der Waals surface area contributed by atoms with Gasteiger partial charge in [-0.25, -0.2) is 4.98 Å². The van der Waals surface area contributed by atoms with Crippen molar-refractivity contribution in [2.45, 2.75) is 33.1 Å². The van der Waals surface area contributed by atoms with E-state index >= 15 is 0 Å². The fourth-order valence-electron chi connectivity index (χ4n) is 1.94. The molecule has 1 aromatic heterocycles. The molecule has 1 aromatic carbocycles. The number of nitrogens with one attached hydrogen (secondary N) is 1. The number of aromatic nitrogens is 1. The number of hydrogen-bond acceptors (Lipinski definition) is 3. The number of aryl methyl sites for hydroxylation is 1. The number of rotatable bonds is 6. The van der Waals surface area contributed by atoms with E-state index in [9.17, 15) is 4.79 Å². The van der Waals surface area contributed by atoms with Gasteiger partial charge in [0.05, 0.1) is 15.2 Å². The van der Waals surface area contributed by atoms with Crippen LogP contribution in [0.3, 0.4) is 0 Å². The van der Waals surface area contributed by atoms with Gasteiger partial charge in [0.25, 0.3) is 0 Å². The first-order chi connectivity index (χ1) is 9.15. The summed E-state index contributed by atoms with van der Waals surface area (Å²) in [4.78, 5) is 16.1. The van der Waals surface area contributed by atoms with E-state index in [0.717, 1.165) is 29.9 Å². The summed E-state index contributed by atoms with van der Waals surface area (Å²) in [6.45, 7) is 4.85. The summed E-state index contributed by atoms with van der Waals surface area (Å²) in [5.41, 5.74) is 1.08. The van der Waals surface area contributed by atoms with E-state index in [4.69, 9.17) is 0 Å². The molecule has 0 aliphatic heterocycles. The topological polar surface area (TPSA) is 42.0 Å². The maximum absolute atomic E-state index is 11.5. The minimum atomic E-state index is 0.152. The van der Waals surface area contributed by atoms with Crippen LogP contribution in [0, 0.1) is 5.92 Å². The highest BCUT2D eigenvalue weighted by atomic mass is 32.1. The lowest BCUT2D eigenvalue weighted by atomic mass is 10.1. The molecule has 0 atom stereocenters. The molecule has 3 nitrogen and oxygen atoms in total. The van der Waals surface area contributed by atoms with Crippen molar-refractivity contribution >= 4 is 27.5 Å². The van der Waals surface area contributed by atoms with Gasteiger partial charge in [0.15, 0.2) is 0 Å². The lowest BCUT2D eigenvalue weighted by Gasteiger charge is -2.06. The van der Waals surface area contributed by atoms with Gasteiger partial charge < -0.3 is 5.32 Å². The first kappa shape index (κ1) is 14.0. The Labute approximate surface area is 118 Å². The van der Waals surface area contributed by atoms with Crippen LogP contribution < -0.4 is 5.32 Å². The largest absolute Gasteiger partial charge is 0.356 e. The molecule has 0 saturated heterocycles. The molecule has 0 spiro atoms. The van der Waals surface area contributed by atoms with Crippen LogP contribution in [0.1, 0.15) is 31.7 Å². The van der Waals surface area contributed by atoms with Gasteiger partial charge in [-0.05, 0) is 24.5 Å². The van der Waals surface area contributed by atoms with Crippen molar-refractivity contribution in [2.24, 2.45) is 5.92 Å². The molecule has 0 bridgehead atoms. The maximum Gasteiger partial charge on any atom is 0.220 e. The lowest BCUT2D eigenvalue weighted by Crippen LogP contribution is -2.25. The molecule has 19 heavy (non-hydrogen) atoms. The lowest BCUT2D eigenvalue weighted by molar-refractivity contribution is -0.121.